The van der Waals surface area contributed by atoms with Gasteiger partial charge < -0.3 is 20.5 Å². The highest BCUT2D eigenvalue weighted by molar-refractivity contribution is 6.02. The van der Waals surface area contributed by atoms with Crippen molar-refractivity contribution >= 4 is 17.5 Å². The van der Waals surface area contributed by atoms with Gasteiger partial charge in [-0.05, 0) is 57.1 Å². The van der Waals surface area contributed by atoms with Crippen LogP contribution in [0, 0.1) is 24.6 Å². The molecule has 39 heavy (non-hydrogen) atoms. The third kappa shape index (κ3) is 5.08. The van der Waals surface area contributed by atoms with Crippen LogP contribution in [0.3, 0.4) is 0 Å². The van der Waals surface area contributed by atoms with E-state index in [2.05, 4.69) is 20.6 Å². The lowest BCUT2D eigenvalue weighted by Crippen LogP contribution is -2.35. The molecule has 1 saturated carbocycles. The fourth-order valence-electron chi connectivity index (χ4n) is 6.16. The molecule has 2 amide bonds. The maximum absolute atomic E-state index is 15.5. The molecule has 4 heterocycles. The molecule has 0 radical (unpaired) electrons. The van der Waals surface area contributed by atoms with Crippen LogP contribution in [0.5, 0.6) is 0 Å². The zero-order valence-corrected chi connectivity index (χ0v) is 21.9. The molecule has 1 aromatic carbocycles. The summed E-state index contributed by atoms with van der Waals surface area (Å²) >= 11 is 0. The monoisotopic (exact) mass is 536 g/mol. The number of aromatic nitrogens is 4. The number of anilines is 1. The summed E-state index contributed by atoms with van der Waals surface area (Å²) in [5.74, 6) is -1.62. The third-order valence-corrected chi connectivity index (χ3v) is 8.14. The second kappa shape index (κ2) is 10.5. The average Bonchev–Trinajstić information content (AvgIpc) is 3.40. The summed E-state index contributed by atoms with van der Waals surface area (Å²) in [5, 5.41) is 13.8. The van der Waals surface area contributed by atoms with E-state index in [1.54, 1.807) is 12.1 Å². The van der Waals surface area contributed by atoms with E-state index in [9.17, 15) is 9.59 Å². The van der Waals surface area contributed by atoms with Gasteiger partial charge in [-0.2, -0.15) is 10.2 Å². The van der Waals surface area contributed by atoms with Gasteiger partial charge in [0.25, 0.3) is 5.91 Å². The number of epoxide rings is 1. The number of nitrogens with one attached hydrogen (secondary N) is 2. The Morgan fingerprint density at radius 1 is 1.15 bits per heavy atom. The predicted octanol–water partition coefficient (Wildman–Crippen LogP) is 4.40. The number of hydrogen-bond acceptors (Lipinski definition) is 6. The molecule has 1 aliphatic carbocycles. The molecule has 0 bridgehead atoms. The standard InChI is InChI=1S/C28H33FN6O4/c1-15-12-22(35(34-15)23-8-4-5-11-38-23)16-9-10-19(20(29)13-16)26-25(39-26)17-6-2-3-7-18(17)28(37)32-21-14-31-33-24(21)27(30)36/h9-10,12-14,17-18,23,25-26H,2-8,11H2,1H3,(H2,30,36)(H,31,33)(H,32,37). The van der Waals surface area contributed by atoms with Gasteiger partial charge in [-0.3, -0.25) is 14.7 Å². The largest absolute Gasteiger partial charge is 0.364 e. The number of hydrogen-bond donors (Lipinski definition) is 3. The first-order valence-electron chi connectivity index (χ1n) is 13.7. The zero-order valence-electron chi connectivity index (χ0n) is 21.9. The van der Waals surface area contributed by atoms with Gasteiger partial charge in [0.1, 0.15) is 17.6 Å². The summed E-state index contributed by atoms with van der Waals surface area (Å²) in [4.78, 5) is 24.8. The third-order valence-electron chi connectivity index (χ3n) is 8.14. The smallest absolute Gasteiger partial charge is 0.268 e. The van der Waals surface area contributed by atoms with Crippen molar-refractivity contribution in [2.45, 2.75) is 70.3 Å². The minimum absolute atomic E-state index is 0.0562. The number of rotatable bonds is 7. The predicted molar refractivity (Wildman–Crippen MR) is 140 cm³/mol. The van der Waals surface area contributed by atoms with Gasteiger partial charge in [0.05, 0.1) is 29.4 Å². The Morgan fingerprint density at radius 3 is 2.74 bits per heavy atom. The summed E-state index contributed by atoms with van der Waals surface area (Å²) in [5.41, 5.74) is 8.61. The number of nitrogens with zero attached hydrogens (tertiary/aromatic N) is 3. The molecular formula is C28H33FN6O4. The number of benzene rings is 1. The van der Waals surface area contributed by atoms with Crippen molar-refractivity contribution in [2.24, 2.45) is 17.6 Å². The minimum atomic E-state index is -0.697. The lowest BCUT2D eigenvalue weighted by atomic mass is 9.75. The molecule has 5 atom stereocenters. The molecule has 2 aliphatic heterocycles. The Labute approximate surface area is 225 Å². The lowest BCUT2D eigenvalue weighted by Gasteiger charge is -2.29. The Hall–Kier alpha value is -3.57. The van der Waals surface area contributed by atoms with E-state index in [0.717, 1.165) is 55.5 Å². The highest BCUT2D eigenvalue weighted by Gasteiger charge is 2.51. The van der Waals surface area contributed by atoms with Gasteiger partial charge in [-0.1, -0.05) is 25.0 Å². The summed E-state index contributed by atoms with van der Waals surface area (Å²) in [6.45, 7) is 2.62. The second-order valence-electron chi connectivity index (χ2n) is 10.8. The first kappa shape index (κ1) is 25.7. The van der Waals surface area contributed by atoms with Crippen molar-refractivity contribution in [3.05, 3.63) is 53.2 Å². The molecular weight excluding hydrogens is 503 g/mol. The van der Waals surface area contributed by atoms with Crippen molar-refractivity contribution < 1.29 is 23.5 Å². The van der Waals surface area contributed by atoms with E-state index in [1.165, 1.54) is 6.20 Å². The Kier molecular flexibility index (Phi) is 6.94. The Balaban J connectivity index is 1.18. The van der Waals surface area contributed by atoms with Crippen LogP contribution in [0.2, 0.25) is 0 Å². The molecule has 2 aromatic heterocycles. The molecule has 5 unspecified atom stereocenters. The first-order valence-corrected chi connectivity index (χ1v) is 13.7. The van der Waals surface area contributed by atoms with E-state index in [-0.39, 0.29) is 47.3 Å². The quantitative estimate of drug-likeness (QED) is 0.382. The van der Waals surface area contributed by atoms with Crippen molar-refractivity contribution in [1.82, 2.24) is 20.0 Å². The van der Waals surface area contributed by atoms with E-state index < -0.39 is 12.0 Å². The lowest BCUT2D eigenvalue weighted by molar-refractivity contribution is -0.122. The molecule has 2 saturated heterocycles. The maximum Gasteiger partial charge on any atom is 0.268 e. The maximum atomic E-state index is 15.5. The van der Waals surface area contributed by atoms with Crippen molar-refractivity contribution in [1.29, 1.82) is 0 Å². The van der Waals surface area contributed by atoms with Crippen LogP contribution in [0.4, 0.5) is 10.1 Å². The molecule has 6 rings (SSSR count). The summed E-state index contributed by atoms with van der Waals surface area (Å²) in [6.07, 6.45) is 6.98. The number of carbonyl (C=O) groups excluding carboxylic acids is 2. The average molecular weight is 537 g/mol. The number of ether oxygens (including phenoxy) is 2. The van der Waals surface area contributed by atoms with Crippen LogP contribution in [0.15, 0.2) is 30.5 Å². The first-order chi connectivity index (χ1) is 18.9. The number of carbonyl (C=O) groups is 2. The highest BCUT2D eigenvalue weighted by Crippen LogP contribution is 2.50. The summed E-state index contributed by atoms with van der Waals surface area (Å²) < 4.78 is 29.3. The van der Waals surface area contributed by atoms with Gasteiger partial charge >= 0.3 is 0 Å². The molecule has 206 valence electrons. The zero-order chi connectivity index (χ0) is 27.1. The van der Waals surface area contributed by atoms with E-state index in [4.69, 9.17) is 15.2 Å². The van der Waals surface area contributed by atoms with Gasteiger partial charge in [0.15, 0.2) is 6.23 Å². The molecule has 11 heteroatoms. The van der Waals surface area contributed by atoms with Crippen molar-refractivity contribution in [2.75, 3.05) is 11.9 Å². The van der Waals surface area contributed by atoms with Gasteiger partial charge in [0, 0.05) is 23.7 Å². The number of nitrogens with two attached hydrogens (primary N) is 1. The summed E-state index contributed by atoms with van der Waals surface area (Å²) in [7, 11) is 0. The van der Waals surface area contributed by atoms with E-state index >= 15 is 4.39 Å². The van der Waals surface area contributed by atoms with Crippen LogP contribution in [0.25, 0.3) is 11.3 Å². The molecule has 3 aromatic rings. The van der Waals surface area contributed by atoms with Gasteiger partial charge in [-0.25, -0.2) is 9.07 Å². The van der Waals surface area contributed by atoms with Crippen LogP contribution in [-0.4, -0.2) is 44.5 Å². The highest BCUT2D eigenvalue weighted by atomic mass is 19.1. The van der Waals surface area contributed by atoms with E-state index in [1.807, 2.05) is 23.7 Å². The van der Waals surface area contributed by atoms with Crippen LogP contribution < -0.4 is 11.1 Å². The number of aromatic amines is 1. The fraction of sp³-hybridized carbons (Fsp3) is 0.500. The molecule has 10 nitrogen and oxygen atoms in total. The van der Waals surface area contributed by atoms with Gasteiger partial charge in [0.2, 0.25) is 5.91 Å². The number of H-pyrrole nitrogens is 1. The molecule has 4 N–H and O–H groups in total. The minimum Gasteiger partial charge on any atom is -0.364 e. The Morgan fingerprint density at radius 2 is 1.97 bits per heavy atom. The SMILES string of the molecule is Cc1cc(-c2ccc(C3OC3C3CCCCC3C(=O)Nc3cn[nH]c3C(N)=O)c(F)c2)n(C2CCCCO2)n1. The van der Waals surface area contributed by atoms with Crippen molar-refractivity contribution in [3.8, 4) is 11.3 Å². The number of amides is 2. The molecule has 3 fully saturated rings. The van der Waals surface area contributed by atoms with Crippen LogP contribution >= 0.6 is 0 Å². The second-order valence-corrected chi connectivity index (χ2v) is 10.8. The fourth-order valence-corrected chi connectivity index (χ4v) is 6.16. The van der Waals surface area contributed by atoms with Gasteiger partial charge in [-0.15, -0.1) is 0 Å². The van der Waals surface area contributed by atoms with E-state index in [0.29, 0.717) is 18.6 Å². The Bertz CT molecular complexity index is 1380. The topological polar surface area (TPSA) is 140 Å². The number of halogens is 1. The summed E-state index contributed by atoms with van der Waals surface area (Å²) in [6, 6.07) is 7.19. The molecule has 3 aliphatic rings. The van der Waals surface area contributed by atoms with Crippen molar-refractivity contribution in [3.63, 3.8) is 0 Å². The molecule has 0 spiro atoms. The number of primary amides is 1. The van der Waals surface area contributed by atoms with Crippen LogP contribution in [0.1, 0.15) is 79.0 Å². The van der Waals surface area contributed by atoms with Crippen LogP contribution in [-0.2, 0) is 14.3 Å². The normalized spacial score (nSPS) is 26.8. The number of aryl methyl sites for hydroxylation is 1.